The summed E-state index contributed by atoms with van der Waals surface area (Å²) in [5, 5.41) is 9.49. The Bertz CT molecular complexity index is 485. The molecule has 5 nitrogen and oxygen atoms in total. The Balaban J connectivity index is 1.89. The lowest BCUT2D eigenvalue weighted by Gasteiger charge is -2.19. The summed E-state index contributed by atoms with van der Waals surface area (Å²) in [4.78, 5) is 29.0. The Labute approximate surface area is 122 Å². The highest BCUT2D eigenvalue weighted by Crippen LogP contribution is 2.18. The molecule has 6 heteroatoms. The van der Waals surface area contributed by atoms with Gasteiger partial charge in [-0.15, -0.1) is 0 Å². The summed E-state index contributed by atoms with van der Waals surface area (Å²) in [6.45, 7) is 1.67. The van der Waals surface area contributed by atoms with E-state index in [9.17, 15) is 9.59 Å². The lowest BCUT2D eigenvalue weighted by molar-refractivity contribution is -0.128. The molecule has 2 rings (SSSR count). The van der Waals surface area contributed by atoms with Crippen LogP contribution in [0.4, 0.5) is 0 Å². The minimum absolute atomic E-state index is 0.111. The predicted molar refractivity (Wildman–Crippen MR) is 77.0 cm³/mol. The average molecular weight is 294 g/mol. The molecule has 1 aromatic heterocycles. The van der Waals surface area contributed by atoms with Gasteiger partial charge in [-0.2, -0.15) is 0 Å². The van der Waals surface area contributed by atoms with Gasteiger partial charge in [-0.1, -0.05) is 24.6 Å². The maximum atomic E-state index is 12.1. The van der Waals surface area contributed by atoms with Crippen LogP contribution in [0.15, 0.2) is 23.4 Å². The molecule has 108 valence electrons. The number of carboxylic acids is 1. The quantitative estimate of drug-likeness (QED) is 0.863. The average Bonchev–Trinajstić information content (AvgIpc) is 2.74. The number of aromatic carboxylic acids is 1. The number of rotatable bonds is 4. The molecule has 1 amide bonds. The highest BCUT2D eigenvalue weighted by molar-refractivity contribution is 7.99. The van der Waals surface area contributed by atoms with E-state index in [0.717, 1.165) is 25.9 Å². The van der Waals surface area contributed by atoms with Crippen molar-refractivity contribution in [2.45, 2.75) is 30.7 Å². The van der Waals surface area contributed by atoms with Gasteiger partial charge in [0.1, 0.15) is 0 Å². The first-order valence-corrected chi connectivity index (χ1v) is 7.75. The second-order valence-corrected chi connectivity index (χ2v) is 5.77. The summed E-state index contributed by atoms with van der Waals surface area (Å²) < 4.78 is 0. The van der Waals surface area contributed by atoms with E-state index in [-0.39, 0.29) is 11.5 Å². The summed E-state index contributed by atoms with van der Waals surface area (Å²) in [6, 6.07) is 2.95. The number of nitrogens with zero attached hydrogens (tertiary/aromatic N) is 2. The normalized spacial score (nSPS) is 15.7. The van der Waals surface area contributed by atoms with Gasteiger partial charge >= 0.3 is 5.97 Å². The van der Waals surface area contributed by atoms with Crippen LogP contribution < -0.4 is 0 Å². The number of amides is 1. The largest absolute Gasteiger partial charge is 0.478 e. The SMILES string of the molecule is O=C(O)c1ccnc(SCC(=O)N2CCCCCC2)c1. The molecule has 0 aliphatic carbocycles. The van der Waals surface area contributed by atoms with Gasteiger partial charge in [-0.3, -0.25) is 4.79 Å². The molecule has 0 spiro atoms. The van der Waals surface area contributed by atoms with Crippen molar-refractivity contribution in [3.8, 4) is 0 Å². The van der Waals surface area contributed by atoms with Gasteiger partial charge in [0.25, 0.3) is 0 Å². The predicted octanol–water partition coefficient (Wildman–Crippen LogP) is 2.27. The zero-order chi connectivity index (χ0) is 14.4. The van der Waals surface area contributed by atoms with Crippen LogP contribution >= 0.6 is 11.8 Å². The molecule has 1 fully saturated rings. The van der Waals surface area contributed by atoms with Crippen molar-refractivity contribution in [2.75, 3.05) is 18.8 Å². The Morgan fingerprint density at radius 3 is 2.60 bits per heavy atom. The van der Waals surface area contributed by atoms with Crippen molar-refractivity contribution in [1.29, 1.82) is 0 Å². The summed E-state index contributed by atoms with van der Waals surface area (Å²) in [7, 11) is 0. The third-order valence-electron chi connectivity index (χ3n) is 3.28. The number of hydrogen-bond donors (Lipinski definition) is 1. The smallest absolute Gasteiger partial charge is 0.335 e. The molecule has 0 aromatic carbocycles. The number of likely N-dealkylation sites (tertiary alicyclic amines) is 1. The Morgan fingerprint density at radius 2 is 1.95 bits per heavy atom. The van der Waals surface area contributed by atoms with Gasteiger partial charge in [0.2, 0.25) is 5.91 Å². The molecule has 0 radical (unpaired) electrons. The van der Waals surface area contributed by atoms with Crippen molar-refractivity contribution < 1.29 is 14.7 Å². The van der Waals surface area contributed by atoms with Gasteiger partial charge in [-0.25, -0.2) is 9.78 Å². The molecule has 1 aliphatic rings. The van der Waals surface area contributed by atoms with Gasteiger partial charge in [0.05, 0.1) is 16.3 Å². The molecule has 1 aliphatic heterocycles. The topological polar surface area (TPSA) is 70.5 Å². The maximum absolute atomic E-state index is 12.1. The highest BCUT2D eigenvalue weighted by Gasteiger charge is 2.16. The van der Waals surface area contributed by atoms with Crippen LogP contribution in [-0.2, 0) is 4.79 Å². The number of pyridine rings is 1. The lowest BCUT2D eigenvalue weighted by atomic mass is 10.2. The number of carbonyl (C=O) groups excluding carboxylic acids is 1. The van der Waals surface area contributed by atoms with Gasteiger partial charge < -0.3 is 10.0 Å². The van der Waals surface area contributed by atoms with Gasteiger partial charge in [-0.05, 0) is 25.0 Å². The summed E-state index contributed by atoms with van der Waals surface area (Å²) in [5.41, 5.74) is 0.199. The molecular formula is C14H18N2O3S. The monoisotopic (exact) mass is 294 g/mol. The second-order valence-electron chi connectivity index (χ2n) is 4.77. The third-order valence-corrected chi connectivity index (χ3v) is 4.19. The van der Waals surface area contributed by atoms with Crippen LogP contribution in [0.1, 0.15) is 36.0 Å². The van der Waals surface area contributed by atoms with E-state index >= 15 is 0 Å². The summed E-state index contributed by atoms with van der Waals surface area (Å²) >= 11 is 1.29. The first-order valence-electron chi connectivity index (χ1n) is 6.77. The van der Waals surface area contributed by atoms with Crippen molar-refractivity contribution in [3.05, 3.63) is 23.9 Å². The first-order chi connectivity index (χ1) is 9.66. The number of carboxylic acid groups (broad SMARTS) is 1. The van der Waals surface area contributed by atoms with E-state index in [1.807, 2.05) is 4.90 Å². The van der Waals surface area contributed by atoms with Crippen LogP contribution in [0.5, 0.6) is 0 Å². The van der Waals surface area contributed by atoms with Crippen LogP contribution in [-0.4, -0.2) is 45.7 Å². The minimum Gasteiger partial charge on any atom is -0.478 e. The van der Waals surface area contributed by atoms with E-state index in [2.05, 4.69) is 4.98 Å². The highest BCUT2D eigenvalue weighted by atomic mass is 32.2. The van der Waals surface area contributed by atoms with E-state index in [0.29, 0.717) is 10.8 Å². The van der Waals surface area contributed by atoms with Crippen LogP contribution in [0.3, 0.4) is 0 Å². The van der Waals surface area contributed by atoms with Crippen molar-refractivity contribution >= 4 is 23.6 Å². The zero-order valence-electron chi connectivity index (χ0n) is 11.2. The fourth-order valence-electron chi connectivity index (χ4n) is 2.17. The summed E-state index contributed by atoms with van der Waals surface area (Å²) in [6.07, 6.45) is 5.99. The number of carbonyl (C=O) groups is 2. The molecular weight excluding hydrogens is 276 g/mol. The number of thioether (sulfide) groups is 1. The van der Waals surface area contributed by atoms with Crippen LogP contribution in [0.2, 0.25) is 0 Å². The Kier molecular flexibility index (Phi) is 5.40. The van der Waals surface area contributed by atoms with Gasteiger partial charge in [0, 0.05) is 19.3 Å². The molecule has 1 N–H and O–H groups in total. The number of aromatic nitrogens is 1. The number of hydrogen-bond acceptors (Lipinski definition) is 4. The molecule has 0 atom stereocenters. The second kappa shape index (κ2) is 7.28. The van der Waals surface area contributed by atoms with Crippen LogP contribution in [0.25, 0.3) is 0 Å². The third kappa shape index (κ3) is 4.23. The first kappa shape index (κ1) is 14.8. The van der Waals surface area contributed by atoms with Crippen LogP contribution in [0, 0.1) is 0 Å². The maximum Gasteiger partial charge on any atom is 0.335 e. The molecule has 1 saturated heterocycles. The molecule has 1 aromatic rings. The molecule has 20 heavy (non-hydrogen) atoms. The summed E-state index contributed by atoms with van der Waals surface area (Å²) in [5.74, 6) is -0.552. The van der Waals surface area contributed by atoms with E-state index in [4.69, 9.17) is 5.11 Å². The van der Waals surface area contributed by atoms with E-state index < -0.39 is 5.97 Å². The van der Waals surface area contributed by atoms with Crippen molar-refractivity contribution in [1.82, 2.24) is 9.88 Å². The Hall–Kier alpha value is -1.56. The van der Waals surface area contributed by atoms with Crippen molar-refractivity contribution in [3.63, 3.8) is 0 Å². The Morgan fingerprint density at radius 1 is 1.25 bits per heavy atom. The fourth-order valence-corrected chi connectivity index (χ4v) is 2.97. The van der Waals surface area contributed by atoms with E-state index in [1.54, 1.807) is 0 Å². The van der Waals surface area contributed by atoms with E-state index in [1.165, 1.54) is 42.9 Å². The standard InChI is InChI=1S/C14H18N2O3S/c17-13(16-7-3-1-2-4-8-16)10-20-12-9-11(14(18)19)5-6-15-12/h5-6,9H,1-4,7-8,10H2,(H,18,19). The molecule has 0 bridgehead atoms. The fraction of sp³-hybridized carbons (Fsp3) is 0.500. The molecule has 0 saturated carbocycles. The molecule has 2 heterocycles. The van der Waals surface area contributed by atoms with Gasteiger partial charge in [0.15, 0.2) is 0 Å². The molecule has 0 unspecified atom stereocenters. The minimum atomic E-state index is -0.979. The zero-order valence-corrected chi connectivity index (χ0v) is 12.1. The lowest BCUT2D eigenvalue weighted by Crippen LogP contribution is -2.33. The van der Waals surface area contributed by atoms with Crippen molar-refractivity contribution in [2.24, 2.45) is 0 Å².